The van der Waals surface area contributed by atoms with E-state index in [0.29, 0.717) is 17.7 Å². The summed E-state index contributed by atoms with van der Waals surface area (Å²) in [5, 5.41) is 3.44. The normalized spacial score (nSPS) is 8.62. The Morgan fingerprint density at radius 1 is 1.54 bits per heavy atom. The van der Waals surface area contributed by atoms with E-state index in [1.165, 1.54) is 0 Å². The zero-order valence-electron chi connectivity index (χ0n) is 6.75. The quantitative estimate of drug-likeness (QED) is 0.306. The third-order valence-corrected chi connectivity index (χ3v) is 1.45. The van der Waals surface area contributed by atoms with Gasteiger partial charge in [-0.2, -0.15) is 0 Å². The van der Waals surface area contributed by atoms with Crippen molar-refractivity contribution in [3.8, 4) is 0 Å². The van der Waals surface area contributed by atoms with E-state index < -0.39 is 0 Å². The average Bonchev–Trinajstić information content (AvgIpc) is 2.17. The van der Waals surface area contributed by atoms with E-state index in [1.807, 2.05) is 0 Å². The maximum atomic E-state index is 9.92. The van der Waals surface area contributed by atoms with Crippen LogP contribution in [-0.2, 0) is 16.1 Å². The molecule has 1 aromatic carbocycles. The summed E-state index contributed by atoms with van der Waals surface area (Å²) in [5.74, 6) is 0. The van der Waals surface area contributed by atoms with Crippen molar-refractivity contribution in [3.63, 3.8) is 0 Å². The van der Waals surface area contributed by atoms with Crippen molar-refractivity contribution in [1.82, 2.24) is 0 Å². The number of rotatable bonds is 4. The number of nitrogens with zero attached hydrogens (tertiary/aromatic N) is 3. The summed E-state index contributed by atoms with van der Waals surface area (Å²) in [6.45, 7) is 0.478. The summed E-state index contributed by atoms with van der Waals surface area (Å²) in [7, 11) is 0. The van der Waals surface area contributed by atoms with Crippen molar-refractivity contribution in [1.29, 1.82) is 0 Å². The van der Waals surface area contributed by atoms with Crippen LogP contribution < -0.4 is 0 Å². The number of hydrogen-bond donors (Lipinski definition) is 0. The molecule has 1 aromatic rings. The molecule has 0 aromatic heterocycles. The molecule has 0 N–H and O–H groups in total. The first kappa shape index (κ1) is 9.09. The van der Waals surface area contributed by atoms with E-state index in [4.69, 9.17) is 5.53 Å². The van der Waals surface area contributed by atoms with Crippen molar-refractivity contribution in [3.05, 3.63) is 40.3 Å². The molecule has 0 spiro atoms. The number of benzene rings is 1. The Labute approximate surface area is 74.6 Å². The largest absolute Gasteiger partial charge is 0.463 e. The fourth-order valence-electron chi connectivity index (χ4n) is 0.902. The number of ether oxygens (including phenoxy) is 1. The van der Waals surface area contributed by atoms with Gasteiger partial charge in [-0.15, -0.1) is 0 Å². The predicted molar refractivity (Wildman–Crippen MR) is 46.1 cm³/mol. The first-order chi connectivity index (χ1) is 6.38. The van der Waals surface area contributed by atoms with E-state index >= 15 is 0 Å². The lowest BCUT2D eigenvalue weighted by Crippen LogP contribution is -1.89. The summed E-state index contributed by atoms with van der Waals surface area (Å²) in [6.07, 6.45) is 0. The van der Waals surface area contributed by atoms with Gasteiger partial charge in [0.15, 0.2) is 0 Å². The second-order valence-corrected chi connectivity index (χ2v) is 2.23. The van der Waals surface area contributed by atoms with Crippen molar-refractivity contribution < 1.29 is 9.53 Å². The van der Waals surface area contributed by atoms with Gasteiger partial charge in [0.1, 0.15) is 6.61 Å². The van der Waals surface area contributed by atoms with Gasteiger partial charge in [-0.1, -0.05) is 29.4 Å². The van der Waals surface area contributed by atoms with Crippen molar-refractivity contribution in [2.75, 3.05) is 0 Å². The van der Waals surface area contributed by atoms with Crippen LogP contribution in [0.4, 0.5) is 5.69 Å². The highest BCUT2D eigenvalue weighted by atomic mass is 16.5. The molecule has 13 heavy (non-hydrogen) atoms. The lowest BCUT2D eigenvalue weighted by molar-refractivity contribution is -0.129. The second kappa shape index (κ2) is 4.79. The molecule has 0 aliphatic carbocycles. The number of carbonyl (C=O) groups excluding carboxylic acids is 1. The van der Waals surface area contributed by atoms with Crippen LogP contribution in [0.2, 0.25) is 0 Å². The Morgan fingerprint density at radius 3 is 3.00 bits per heavy atom. The molecular weight excluding hydrogens is 170 g/mol. The Bertz CT molecular complexity index is 345. The van der Waals surface area contributed by atoms with Gasteiger partial charge < -0.3 is 4.74 Å². The van der Waals surface area contributed by atoms with Gasteiger partial charge in [0.25, 0.3) is 6.47 Å². The summed E-state index contributed by atoms with van der Waals surface area (Å²) in [6, 6.07) is 6.91. The predicted octanol–water partition coefficient (Wildman–Crippen LogP) is 2.30. The summed E-state index contributed by atoms with van der Waals surface area (Å²) in [5.41, 5.74) is 9.38. The number of carbonyl (C=O) groups is 1. The third-order valence-electron chi connectivity index (χ3n) is 1.45. The molecule has 0 bridgehead atoms. The van der Waals surface area contributed by atoms with Crippen LogP contribution in [0.15, 0.2) is 29.4 Å². The molecule has 0 saturated heterocycles. The van der Waals surface area contributed by atoms with Gasteiger partial charge >= 0.3 is 0 Å². The van der Waals surface area contributed by atoms with Crippen LogP contribution in [0.3, 0.4) is 0 Å². The lowest BCUT2D eigenvalue weighted by Gasteiger charge is -2.01. The fraction of sp³-hybridized carbons (Fsp3) is 0.125. The Morgan fingerprint density at radius 2 is 2.31 bits per heavy atom. The molecule has 5 nitrogen and oxygen atoms in total. The Hall–Kier alpha value is -2.00. The minimum atomic E-state index is 0.124. The first-order valence-electron chi connectivity index (χ1n) is 3.56. The molecule has 0 radical (unpaired) electrons. The molecule has 0 heterocycles. The summed E-state index contributed by atoms with van der Waals surface area (Å²) >= 11 is 0. The molecule has 0 atom stereocenters. The number of hydrogen-bond acceptors (Lipinski definition) is 3. The van der Waals surface area contributed by atoms with E-state index in [9.17, 15) is 4.79 Å². The molecule has 0 aliphatic rings. The van der Waals surface area contributed by atoms with Crippen LogP contribution in [0.5, 0.6) is 0 Å². The molecular formula is C8H7N3O2. The van der Waals surface area contributed by atoms with Crippen LogP contribution in [-0.4, -0.2) is 6.47 Å². The highest BCUT2D eigenvalue weighted by Gasteiger charge is 1.98. The van der Waals surface area contributed by atoms with Crippen LogP contribution in [0.1, 0.15) is 5.56 Å². The fourth-order valence-corrected chi connectivity index (χ4v) is 0.902. The molecule has 66 valence electrons. The van der Waals surface area contributed by atoms with Crippen LogP contribution >= 0.6 is 0 Å². The van der Waals surface area contributed by atoms with Gasteiger partial charge in [-0.3, -0.25) is 4.79 Å². The minimum Gasteiger partial charge on any atom is -0.463 e. The second-order valence-electron chi connectivity index (χ2n) is 2.23. The van der Waals surface area contributed by atoms with Gasteiger partial charge in [0, 0.05) is 10.6 Å². The summed E-state index contributed by atoms with van der Waals surface area (Å²) < 4.78 is 4.54. The molecule has 5 heteroatoms. The van der Waals surface area contributed by atoms with E-state index in [2.05, 4.69) is 14.8 Å². The van der Waals surface area contributed by atoms with E-state index in [0.717, 1.165) is 0 Å². The van der Waals surface area contributed by atoms with E-state index in [1.54, 1.807) is 24.3 Å². The third kappa shape index (κ3) is 2.50. The highest BCUT2D eigenvalue weighted by molar-refractivity contribution is 5.46. The van der Waals surface area contributed by atoms with Gasteiger partial charge in [0.2, 0.25) is 0 Å². The Kier molecular flexibility index (Phi) is 3.35. The standard InChI is InChI=1S/C8H7N3O2/c9-11-10-8-4-2-1-3-7(8)5-13-6-12/h1-4,6H,5H2. The topological polar surface area (TPSA) is 75.1 Å². The van der Waals surface area contributed by atoms with E-state index in [-0.39, 0.29) is 6.61 Å². The summed E-state index contributed by atoms with van der Waals surface area (Å²) in [4.78, 5) is 12.6. The van der Waals surface area contributed by atoms with Crippen LogP contribution in [0.25, 0.3) is 10.4 Å². The average molecular weight is 177 g/mol. The molecule has 0 aliphatic heterocycles. The van der Waals surface area contributed by atoms with Gasteiger partial charge in [-0.05, 0) is 11.1 Å². The molecule has 0 saturated carbocycles. The monoisotopic (exact) mass is 177 g/mol. The number of azide groups is 1. The lowest BCUT2D eigenvalue weighted by atomic mass is 10.2. The molecule has 0 fully saturated rings. The maximum absolute atomic E-state index is 9.92. The highest BCUT2D eigenvalue weighted by Crippen LogP contribution is 2.19. The minimum absolute atomic E-state index is 0.124. The maximum Gasteiger partial charge on any atom is 0.293 e. The Balaban J connectivity index is 2.90. The molecule has 1 rings (SSSR count). The zero-order chi connectivity index (χ0) is 9.52. The van der Waals surface area contributed by atoms with Crippen molar-refractivity contribution in [2.24, 2.45) is 5.11 Å². The molecule has 0 amide bonds. The molecule has 0 unspecified atom stereocenters. The smallest absolute Gasteiger partial charge is 0.293 e. The van der Waals surface area contributed by atoms with Crippen LogP contribution in [0, 0.1) is 0 Å². The van der Waals surface area contributed by atoms with Gasteiger partial charge in [-0.25, -0.2) is 0 Å². The van der Waals surface area contributed by atoms with Gasteiger partial charge in [0.05, 0.1) is 0 Å². The zero-order valence-corrected chi connectivity index (χ0v) is 6.75. The van der Waals surface area contributed by atoms with Crippen molar-refractivity contribution >= 4 is 12.2 Å². The first-order valence-corrected chi connectivity index (χ1v) is 3.56. The van der Waals surface area contributed by atoms with Crippen molar-refractivity contribution in [2.45, 2.75) is 6.61 Å². The SMILES string of the molecule is [N-]=[N+]=Nc1ccccc1COC=O.